The highest BCUT2D eigenvalue weighted by atomic mass is 35.5. The Kier molecular flexibility index (Phi) is 9.33. The van der Waals surface area contributed by atoms with Crippen LogP contribution < -0.4 is 21.3 Å². The van der Waals surface area contributed by atoms with E-state index in [1.807, 2.05) is 12.1 Å². The summed E-state index contributed by atoms with van der Waals surface area (Å²) in [6.45, 7) is 5.02. The summed E-state index contributed by atoms with van der Waals surface area (Å²) in [5.74, 6) is 4.78. The molecule has 0 aromatic heterocycles. The van der Waals surface area contributed by atoms with Crippen LogP contribution in [-0.4, -0.2) is 67.7 Å². The average Bonchev–Trinajstić information content (AvgIpc) is 2.93. The van der Waals surface area contributed by atoms with Gasteiger partial charge in [0, 0.05) is 43.2 Å². The topological polar surface area (TPSA) is 111 Å². The highest BCUT2D eigenvalue weighted by molar-refractivity contribution is 6.35. The van der Waals surface area contributed by atoms with E-state index in [0.29, 0.717) is 36.9 Å². The van der Waals surface area contributed by atoms with Crippen molar-refractivity contribution < 1.29 is 19.1 Å². The second-order valence-corrected chi connectivity index (χ2v) is 10.6. The van der Waals surface area contributed by atoms with Crippen molar-refractivity contribution in [1.82, 2.24) is 10.2 Å². The van der Waals surface area contributed by atoms with Crippen LogP contribution in [0.25, 0.3) is 0 Å². The number of hydrogen-bond donors (Lipinski definition) is 4. The molecule has 0 radical (unpaired) electrons. The van der Waals surface area contributed by atoms with Crippen LogP contribution >= 0.6 is 11.6 Å². The number of amides is 2. The number of carbonyl (C=O) groups excluding carboxylic acids is 2. The van der Waals surface area contributed by atoms with Gasteiger partial charge in [0.1, 0.15) is 0 Å². The van der Waals surface area contributed by atoms with Gasteiger partial charge < -0.3 is 31.3 Å². The molecule has 0 bridgehead atoms. The Bertz CT molecular complexity index is 1290. The molecule has 1 saturated carbocycles. The van der Waals surface area contributed by atoms with Gasteiger partial charge in [0.25, 0.3) is 5.91 Å². The fourth-order valence-electron chi connectivity index (χ4n) is 4.95. The minimum Gasteiger partial charge on any atom is -0.396 e. The van der Waals surface area contributed by atoms with E-state index < -0.39 is 11.7 Å². The van der Waals surface area contributed by atoms with E-state index in [-0.39, 0.29) is 46.3 Å². The van der Waals surface area contributed by atoms with Crippen LogP contribution in [0.15, 0.2) is 24.3 Å². The number of nitrogens with zero attached hydrogens (tertiary/aromatic N) is 2. The molecule has 1 saturated heterocycles. The van der Waals surface area contributed by atoms with Crippen LogP contribution in [0.2, 0.25) is 5.02 Å². The molecular formula is C29H35ClFN5O3. The minimum atomic E-state index is -0.639. The number of anilines is 3. The average molecular weight is 556 g/mol. The molecule has 39 heavy (non-hydrogen) atoms. The first kappa shape index (κ1) is 28.7. The summed E-state index contributed by atoms with van der Waals surface area (Å²) in [6.07, 6.45) is 2.35. The molecule has 8 nitrogen and oxygen atoms in total. The van der Waals surface area contributed by atoms with E-state index in [0.717, 1.165) is 31.9 Å². The molecule has 1 aliphatic heterocycles. The highest BCUT2D eigenvalue weighted by Gasteiger charge is 2.25. The number of carbonyl (C=O) groups is 2. The molecule has 1 aliphatic carbocycles. The van der Waals surface area contributed by atoms with Crippen molar-refractivity contribution >= 4 is 40.5 Å². The number of halogens is 2. The predicted molar refractivity (Wildman–Crippen MR) is 153 cm³/mol. The van der Waals surface area contributed by atoms with Gasteiger partial charge in [-0.1, -0.05) is 23.4 Å². The smallest absolute Gasteiger partial charge is 0.257 e. The number of nitrogen functional groups attached to an aromatic ring is 1. The van der Waals surface area contributed by atoms with Crippen LogP contribution in [0.5, 0.6) is 0 Å². The third-order valence-electron chi connectivity index (χ3n) is 7.43. The molecule has 4 rings (SSSR count). The first-order chi connectivity index (χ1) is 18.6. The van der Waals surface area contributed by atoms with Crippen LogP contribution in [0.1, 0.15) is 47.2 Å². The molecule has 1 heterocycles. The maximum absolute atomic E-state index is 14.2. The Balaban J connectivity index is 1.52. The Morgan fingerprint density at radius 2 is 1.85 bits per heavy atom. The van der Waals surface area contributed by atoms with Crippen molar-refractivity contribution in [2.75, 3.05) is 55.7 Å². The van der Waals surface area contributed by atoms with Crippen molar-refractivity contribution in [3.8, 4) is 11.8 Å². The van der Waals surface area contributed by atoms with Gasteiger partial charge in [0.15, 0.2) is 5.82 Å². The molecule has 0 unspecified atom stereocenters. The Hall–Kier alpha value is -3.32. The fourth-order valence-corrected chi connectivity index (χ4v) is 5.17. The number of hydrogen-bond acceptors (Lipinski definition) is 6. The van der Waals surface area contributed by atoms with E-state index in [1.165, 1.54) is 13.0 Å². The summed E-state index contributed by atoms with van der Waals surface area (Å²) < 4.78 is 14.2. The van der Waals surface area contributed by atoms with Crippen LogP contribution in [0.4, 0.5) is 21.5 Å². The first-order valence-electron chi connectivity index (χ1n) is 13.2. The second kappa shape index (κ2) is 12.7. The second-order valence-electron chi connectivity index (χ2n) is 10.3. The molecule has 208 valence electrons. The van der Waals surface area contributed by atoms with Gasteiger partial charge in [0.2, 0.25) is 5.91 Å². The zero-order chi connectivity index (χ0) is 28.1. The number of nitrogens with one attached hydrogen (secondary N) is 2. The summed E-state index contributed by atoms with van der Waals surface area (Å²) in [4.78, 5) is 30.1. The van der Waals surface area contributed by atoms with E-state index >= 15 is 0 Å². The van der Waals surface area contributed by atoms with Crippen LogP contribution in [0, 0.1) is 30.5 Å². The Morgan fingerprint density at radius 1 is 1.15 bits per heavy atom. The molecule has 2 aromatic carbocycles. The highest BCUT2D eigenvalue weighted by Crippen LogP contribution is 2.32. The molecule has 2 fully saturated rings. The lowest BCUT2D eigenvalue weighted by Crippen LogP contribution is -2.44. The molecule has 2 aliphatic rings. The van der Waals surface area contributed by atoms with E-state index in [9.17, 15) is 19.1 Å². The third-order valence-corrected chi connectivity index (χ3v) is 7.92. The van der Waals surface area contributed by atoms with E-state index in [1.54, 1.807) is 6.07 Å². The van der Waals surface area contributed by atoms with Gasteiger partial charge in [-0.15, -0.1) is 0 Å². The maximum Gasteiger partial charge on any atom is 0.257 e. The summed E-state index contributed by atoms with van der Waals surface area (Å²) in [5, 5.41) is 15.4. The maximum atomic E-state index is 14.2. The molecule has 2 amide bonds. The Labute approximate surface area is 233 Å². The number of aliphatic hydroxyl groups excluding tert-OH is 1. The number of benzene rings is 2. The zero-order valence-electron chi connectivity index (χ0n) is 22.3. The van der Waals surface area contributed by atoms with Crippen molar-refractivity contribution in [2.24, 2.45) is 5.92 Å². The molecule has 0 atom stereocenters. The van der Waals surface area contributed by atoms with Crippen molar-refractivity contribution in [2.45, 2.75) is 38.7 Å². The van der Waals surface area contributed by atoms with Crippen molar-refractivity contribution in [3.05, 3.63) is 51.8 Å². The SMILES string of the molecule is Cc1c(F)c(N)cc(C(=O)Nc2cc(C#CCNC(=O)C3CCC(O)CC3)ccc2N2CCN(C)CC2)c1Cl. The molecule has 10 heteroatoms. The minimum absolute atomic E-state index is 0.0134. The lowest BCUT2D eigenvalue weighted by molar-refractivity contribution is -0.126. The third kappa shape index (κ3) is 7.01. The Morgan fingerprint density at radius 3 is 2.54 bits per heavy atom. The molecule has 0 spiro atoms. The summed E-state index contributed by atoms with van der Waals surface area (Å²) >= 11 is 6.30. The number of nitrogens with two attached hydrogens (primary N) is 1. The predicted octanol–water partition coefficient (Wildman–Crippen LogP) is 3.39. The number of likely N-dealkylation sites (N-methyl/N-ethyl adjacent to an activating group) is 1. The van der Waals surface area contributed by atoms with Gasteiger partial charge >= 0.3 is 0 Å². The number of aliphatic hydroxyl groups is 1. The van der Waals surface area contributed by atoms with Crippen LogP contribution in [0.3, 0.4) is 0 Å². The quantitative estimate of drug-likeness (QED) is 0.332. The molecule has 5 N–H and O–H groups in total. The van der Waals surface area contributed by atoms with Crippen LogP contribution in [-0.2, 0) is 4.79 Å². The van der Waals surface area contributed by atoms with Gasteiger partial charge in [0.05, 0.1) is 40.3 Å². The lowest BCUT2D eigenvalue weighted by Gasteiger charge is -2.35. The fraction of sp³-hybridized carbons (Fsp3) is 0.448. The molecule has 2 aromatic rings. The van der Waals surface area contributed by atoms with E-state index in [2.05, 4.69) is 39.3 Å². The van der Waals surface area contributed by atoms with Gasteiger partial charge in [-0.25, -0.2) is 4.39 Å². The lowest BCUT2D eigenvalue weighted by atomic mass is 9.87. The first-order valence-corrected chi connectivity index (χ1v) is 13.6. The van der Waals surface area contributed by atoms with E-state index in [4.69, 9.17) is 17.3 Å². The number of rotatable bonds is 5. The summed E-state index contributed by atoms with van der Waals surface area (Å²) in [7, 11) is 2.07. The summed E-state index contributed by atoms with van der Waals surface area (Å²) in [5.41, 5.74) is 7.89. The largest absolute Gasteiger partial charge is 0.396 e. The van der Waals surface area contributed by atoms with Gasteiger partial charge in [-0.05, 0) is 63.9 Å². The summed E-state index contributed by atoms with van der Waals surface area (Å²) in [6, 6.07) is 6.84. The van der Waals surface area contributed by atoms with Crippen molar-refractivity contribution in [3.63, 3.8) is 0 Å². The monoisotopic (exact) mass is 555 g/mol. The standard InChI is InChI=1S/C29H35ClFN5O3/c1-18-26(30)22(17-23(32)27(18)31)29(39)34-24-16-19(5-10-25(24)36-14-12-35(2)13-15-36)4-3-11-33-28(38)20-6-8-21(37)9-7-20/h5,10,16-17,20-21,37H,6-9,11-15,32H2,1-2H3,(H,33,38)(H,34,39). The van der Waals surface area contributed by atoms with Crippen molar-refractivity contribution in [1.29, 1.82) is 0 Å². The van der Waals surface area contributed by atoms with Gasteiger partial charge in [-0.2, -0.15) is 0 Å². The molecular weight excluding hydrogens is 521 g/mol. The zero-order valence-corrected chi connectivity index (χ0v) is 23.1. The van der Waals surface area contributed by atoms with Gasteiger partial charge in [-0.3, -0.25) is 9.59 Å². The normalized spacial score (nSPS) is 19.7. The number of piperazine rings is 1.